The molecule has 0 unspecified atom stereocenters. The topological polar surface area (TPSA) is 52.6 Å². The summed E-state index contributed by atoms with van der Waals surface area (Å²) < 4.78 is 9.66. The molecule has 0 atom stereocenters. The molecule has 0 heterocycles. The number of unbranched alkanes of at least 4 members (excludes halogenated alkanes) is 2. The predicted molar refractivity (Wildman–Crippen MR) is 71.0 cm³/mol. The minimum Gasteiger partial charge on any atom is -0.463 e. The third-order valence-electron chi connectivity index (χ3n) is 1.90. The van der Waals surface area contributed by atoms with Crippen molar-refractivity contribution in [1.82, 2.24) is 0 Å². The van der Waals surface area contributed by atoms with Crippen molar-refractivity contribution in [2.45, 2.75) is 25.7 Å². The Bertz CT molecular complexity index is 241. The Kier molecular flexibility index (Phi) is 12.2. The van der Waals surface area contributed by atoms with E-state index >= 15 is 0 Å². The van der Waals surface area contributed by atoms with Crippen LogP contribution in [0.4, 0.5) is 0 Å². The molecule has 4 nitrogen and oxygen atoms in total. The highest BCUT2D eigenvalue weighted by Gasteiger charge is 2.00. The molecule has 0 bridgehead atoms. The van der Waals surface area contributed by atoms with E-state index in [1.54, 1.807) is 0 Å². The number of halogens is 2. The number of ether oxygens (including phenoxy) is 2. The van der Waals surface area contributed by atoms with E-state index in [0.717, 1.165) is 25.0 Å². The fraction of sp³-hybridized carbons (Fsp3) is 0.667. The molecule has 0 aliphatic rings. The summed E-state index contributed by atoms with van der Waals surface area (Å²) in [6.45, 7) is 0.612. The van der Waals surface area contributed by atoms with Crippen LogP contribution in [0, 0.1) is 0 Å². The summed E-state index contributed by atoms with van der Waals surface area (Å²) in [6, 6.07) is 0. The molecule has 6 heteroatoms. The Morgan fingerprint density at radius 1 is 0.778 bits per heavy atom. The first-order chi connectivity index (χ1) is 8.70. The number of hydrogen-bond donors (Lipinski definition) is 0. The van der Waals surface area contributed by atoms with Gasteiger partial charge in [-0.2, -0.15) is 0 Å². The summed E-state index contributed by atoms with van der Waals surface area (Å²) in [6.07, 6.45) is 5.13. The SMILES string of the molecule is O=C(C=CC(=O)OCCCCCl)OCCCCCl. The number of esters is 2. The fourth-order valence-electron chi connectivity index (χ4n) is 0.971. The molecule has 0 aromatic rings. The number of hydrogen-bond acceptors (Lipinski definition) is 4. The highest BCUT2D eigenvalue weighted by atomic mass is 35.5. The van der Waals surface area contributed by atoms with E-state index in [1.807, 2.05) is 0 Å². The first-order valence-corrected chi connectivity index (χ1v) is 6.91. The zero-order chi connectivity index (χ0) is 13.6. The van der Waals surface area contributed by atoms with Crippen molar-refractivity contribution in [2.75, 3.05) is 25.0 Å². The second-order valence-corrected chi connectivity index (χ2v) is 4.22. The maximum Gasteiger partial charge on any atom is 0.331 e. The van der Waals surface area contributed by atoms with E-state index in [4.69, 9.17) is 32.7 Å². The largest absolute Gasteiger partial charge is 0.463 e. The Hall–Kier alpha value is -0.740. The molecule has 0 aliphatic carbocycles. The van der Waals surface area contributed by atoms with Gasteiger partial charge in [0.25, 0.3) is 0 Å². The summed E-state index contributed by atoms with van der Waals surface area (Å²) in [5, 5.41) is 0. The van der Waals surface area contributed by atoms with Gasteiger partial charge in [0.05, 0.1) is 13.2 Å². The smallest absolute Gasteiger partial charge is 0.331 e. The third-order valence-corrected chi connectivity index (χ3v) is 2.43. The molecule has 0 N–H and O–H groups in total. The molecule has 18 heavy (non-hydrogen) atoms. The maximum absolute atomic E-state index is 11.1. The van der Waals surface area contributed by atoms with Crippen LogP contribution in [-0.4, -0.2) is 36.9 Å². The van der Waals surface area contributed by atoms with Gasteiger partial charge in [0.15, 0.2) is 0 Å². The van der Waals surface area contributed by atoms with E-state index < -0.39 is 11.9 Å². The van der Waals surface area contributed by atoms with Gasteiger partial charge in [0.2, 0.25) is 0 Å². The molecule has 0 rings (SSSR count). The standard InChI is InChI=1S/C12H18Cl2O4/c13-7-1-3-9-17-11(15)5-6-12(16)18-10-4-2-8-14/h5-6H,1-4,7-10H2. The van der Waals surface area contributed by atoms with Crippen LogP contribution in [0.15, 0.2) is 12.2 Å². The summed E-state index contributed by atoms with van der Waals surface area (Å²) in [5.74, 6) is -0.0196. The molecular weight excluding hydrogens is 279 g/mol. The molecule has 0 radical (unpaired) electrons. The van der Waals surface area contributed by atoms with Gasteiger partial charge in [-0.05, 0) is 25.7 Å². The monoisotopic (exact) mass is 296 g/mol. The van der Waals surface area contributed by atoms with Crippen LogP contribution in [0.3, 0.4) is 0 Å². The zero-order valence-corrected chi connectivity index (χ0v) is 11.7. The van der Waals surface area contributed by atoms with Crippen LogP contribution >= 0.6 is 23.2 Å². The van der Waals surface area contributed by atoms with Crippen molar-refractivity contribution in [3.63, 3.8) is 0 Å². The Morgan fingerprint density at radius 2 is 1.17 bits per heavy atom. The second kappa shape index (κ2) is 12.7. The van der Waals surface area contributed by atoms with Crippen molar-refractivity contribution in [3.8, 4) is 0 Å². The second-order valence-electron chi connectivity index (χ2n) is 3.46. The Labute approximate surface area is 117 Å². The predicted octanol–water partition coefficient (Wildman–Crippen LogP) is 2.67. The van der Waals surface area contributed by atoms with Gasteiger partial charge >= 0.3 is 11.9 Å². The van der Waals surface area contributed by atoms with Crippen LogP contribution in [-0.2, 0) is 19.1 Å². The first-order valence-electron chi connectivity index (χ1n) is 5.84. The average molecular weight is 297 g/mol. The van der Waals surface area contributed by atoms with Crippen LogP contribution in [0.5, 0.6) is 0 Å². The quantitative estimate of drug-likeness (QED) is 0.269. The van der Waals surface area contributed by atoms with E-state index in [9.17, 15) is 9.59 Å². The average Bonchev–Trinajstić information content (AvgIpc) is 2.37. The van der Waals surface area contributed by atoms with Gasteiger partial charge in [-0.25, -0.2) is 9.59 Å². The summed E-state index contributed by atoms with van der Waals surface area (Å²) in [4.78, 5) is 22.2. The molecule has 0 spiro atoms. The van der Waals surface area contributed by atoms with Gasteiger partial charge < -0.3 is 9.47 Å². The lowest BCUT2D eigenvalue weighted by Gasteiger charge is -2.01. The number of carbonyl (C=O) groups is 2. The third kappa shape index (κ3) is 11.7. The van der Waals surface area contributed by atoms with E-state index in [2.05, 4.69) is 0 Å². The zero-order valence-electron chi connectivity index (χ0n) is 10.2. The van der Waals surface area contributed by atoms with Gasteiger partial charge in [-0.1, -0.05) is 0 Å². The van der Waals surface area contributed by atoms with Gasteiger partial charge in [0, 0.05) is 23.9 Å². The lowest BCUT2D eigenvalue weighted by atomic mass is 10.3. The van der Waals surface area contributed by atoms with Crippen LogP contribution in [0.1, 0.15) is 25.7 Å². The summed E-state index contributed by atoms with van der Waals surface area (Å²) in [5.41, 5.74) is 0. The highest BCUT2D eigenvalue weighted by molar-refractivity contribution is 6.18. The lowest BCUT2D eigenvalue weighted by Crippen LogP contribution is -2.06. The van der Waals surface area contributed by atoms with Crippen molar-refractivity contribution in [1.29, 1.82) is 0 Å². The van der Waals surface area contributed by atoms with Crippen molar-refractivity contribution in [2.24, 2.45) is 0 Å². The highest BCUT2D eigenvalue weighted by Crippen LogP contribution is 1.95. The molecule has 0 amide bonds. The molecule has 0 saturated heterocycles. The van der Waals surface area contributed by atoms with Crippen LogP contribution < -0.4 is 0 Å². The fourth-order valence-corrected chi connectivity index (χ4v) is 1.35. The number of carbonyl (C=O) groups excluding carboxylic acids is 2. The molecule has 0 aromatic heterocycles. The summed E-state index contributed by atoms with van der Waals surface area (Å²) >= 11 is 10.9. The number of rotatable bonds is 10. The molecule has 0 aliphatic heterocycles. The van der Waals surface area contributed by atoms with E-state index in [-0.39, 0.29) is 0 Å². The first kappa shape index (κ1) is 17.3. The Balaban J connectivity index is 3.58. The lowest BCUT2D eigenvalue weighted by molar-refractivity contribution is -0.140. The van der Waals surface area contributed by atoms with Gasteiger partial charge in [-0.15, -0.1) is 23.2 Å². The van der Waals surface area contributed by atoms with E-state index in [0.29, 0.717) is 37.8 Å². The summed E-state index contributed by atoms with van der Waals surface area (Å²) in [7, 11) is 0. The molecule has 0 aromatic carbocycles. The van der Waals surface area contributed by atoms with Crippen molar-refractivity contribution in [3.05, 3.63) is 12.2 Å². The molecule has 0 saturated carbocycles. The molecule has 104 valence electrons. The number of alkyl halides is 2. The van der Waals surface area contributed by atoms with Gasteiger partial charge in [-0.3, -0.25) is 0 Å². The molecular formula is C12H18Cl2O4. The Morgan fingerprint density at radius 3 is 1.50 bits per heavy atom. The van der Waals surface area contributed by atoms with Gasteiger partial charge in [0.1, 0.15) is 0 Å². The minimum absolute atomic E-state index is 0.306. The maximum atomic E-state index is 11.1. The van der Waals surface area contributed by atoms with E-state index in [1.165, 1.54) is 0 Å². The van der Waals surface area contributed by atoms with Crippen LogP contribution in [0.2, 0.25) is 0 Å². The van der Waals surface area contributed by atoms with Crippen molar-refractivity contribution >= 4 is 35.1 Å². The van der Waals surface area contributed by atoms with Crippen LogP contribution in [0.25, 0.3) is 0 Å². The van der Waals surface area contributed by atoms with Crippen molar-refractivity contribution < 1.29 is 19.1 Å². The normalized spacial score (nSPS) is 10.6. The minimum atomic E-state index is -0.553. The molecule has 0 fully saturated rings.